The molecule has 0 spiro atoms. The molecule has 5 nitrogen and oxygen atoms in total. The van der Waals surface area contributed by atoms with Gasteiger partial charge in [0.1, 0.15) is 12.4 Å². The number of nitrogens with one attached hydrogen (secondary N) is 1. The Hall–Kier alpha value is -1.27. The highest BCUT2D eigenvalue weighted by atomic mass is 32.2. The molecule has 0 aliphatic heterocycles. The van der Waals surface area contributed by atoms with Gasteiger partial charge in [-0.2, -0.15) is 0 Å². The second-order valence-electron chi connectivity index (χ2n) is 3.91. The van der Waals surface area contributed by atoms with E-state index in [1.807, 2.05) is 0 Å². The van der Waals surface area contributed by atoms with E-state index in [4.69, 9.17) is 10.5 Å². The van der Waals surface area contributed by atoms with Crippen molar-refractivity contribution in [2.24, 2.45) is 0 Å². The highest BCUT2D eigenvalue weighted by Gasteiger charge is 2.14. The minimum atomic E-state index is -3.21. The molecule has 0 aromatic heterocycles. The maximum Gasteiger partial charge on any atom is 0.214 e. The first-order valence-corrected chi connectivity index (χ1v) is 6.93. The Balaban J connectivity index is 2.32. The van der Waals surface area contributed by atoms with Crippen molar-refractivity contribution >= 4 is 15.7 Å². The van der Waals surface area contributed by atoms with Crippen LogP contribution in [0.3, 0.4) is 0 Å². The van der Waals surface area contributed by atoms with E-state index in [0.29, 0.717) is 11.4 Å². The molecule has 3 N–H and O–H groups in total. The molecule has 0 unspecified atom stereocenters. The largest absolute Gasteiger partial charge is 0.492 e. The second kappa shape index (κ2) is 5.88. The van der Waals surface area contributed by atoms with Gasteiger partial charge >= 0.3 is 0 Å². The summed E-state index contributed by atoms with van der Waals surface area (Å²) in [6.45, 7) is 3.80. The molecule has 0 saturated heterocycles. The molecule has 0 bridgehead atoms. The van der Waals surface area contributed by atoms with Gasteiger partial charge in [0.25, 0.3) is 0 Å². The van der Waals surface area contributed by atoms with Crippen molar-refractivity contribution in [3.05, 3.63) is 24.3 Å². The van der Waals surface area contributed by atoms with Crippen molar-refractivity contribution in [3.8, 4) is 5.75 Å². The number of nitrogen functional groups attached to an aromatic ring is 1. The van der Waals surface area contributed by atoms with Crippen LogP contribution in [0, 0.1) is 0 Å². The molecule has 0 amide bonds. The highest BCUT2D eigenvalue weighted by molar-refractivity contribution is 7.90. The number of rotatable bonds is 6. The predicted molar refractivity (Wildman–Crippen MR) is 68.4 cm³/mol. The Morgan fingerprint density at radius 2 is 1.88 bits per heavy atom. The first kappa shape index (κ1) is 13.8. The van der Waals surface area contributed by atoms with E-state index in [1.165, 1.54) is 0 Å². The van der Waals surface area contributed by atoms with Gasteiger partial charge in [-0.25, -0.2) is 13.1 Å². The lowest BCUT2D eigenvalue weighted by molar-refractivity contribution is 0.322. The topological polar surface area (TPSA) is 81.4 Å². The minimum absolute atomic E-state index is 0.255. The Morgan fingerprint density at radius 3 is 2.41 bits per heavy atom. The van der Waals surface area contributed by atoms with Crippen molar-refractivity contribution < 1.29 is 13.2 Å². The normalized spacial score (nSPS) is 11.7. The van der Waals surface area contributed by atoms with E-state index in [1.54, 1.807) is 38.1 Å². The molecular weight excluding hydrogens is 240 g/mol. The first-order valence-electron chi connectivity index (χ1n) is 5.38. The van der Waals surface area contributed by atoms with Crippen LogP contribution in [0.25, 0.3) is 0 Å². The fraction of sp³-hybridized carbons (Fsp3) is 0.455. The molecule has 0 radical (unpaired) electrons. The van der Waals surface area contributed by atoms with Gasteiger partial charge < -0.3 is 10.5 Å². The van der Waals surface area contributed by atoms with Crippen LogP contribution in [-0.4, -0.2) is 26.8 Å². The number of hydrogen-bond donors (Lipinski definition) is 2. The fourth-order valence-corrected chi connectivity index (χ4v) is 1.78. The Labute approximate surface area is 102 Å². The Morgan fingerprint density at radius 1 is 1.29 bits per heavy atom. The number of nitrogens with two attached hydrogens (primary N) is 1. The van der Waals surface area contributed by atoms with Gasteiger partial charge in [0.05, 0.1) is 5.25 Å². The van der Waals surface area contributed by atoms with Gasteiger partial charge in [0, 0.05) is 12.2 Å². The smallest absolute Gasteiger partial charge is 0.214 e. The molecule has 1 rings (SSSR count). The third-order valence-electron chi connectivity index (χ3n) is 2.17. The number of benzene rings is 1. The van der Waals surface area contributed by atoms with Gasteiger partial charge in [0.15, 0.2) is 0 Å². The lowest BCUT2D eigenvalue weighted by Gasteiger charge is -2.10. The molecule has 0 saturated carbocycles. The average molecular weight is 258 g/mol. The van der Waals surface area contributed by atoms with E-state index in [0.717, 1.165) is 0 Å². The fourth-order valence-electron chi connectivity index (χ4n) is 1.08. The van der Waals surface area contributed by atoms with E-state index < -0.39 is 15.3 Å². The summed E-state index contributed by atoms with van der Waals surface area (Å²) >= 11 is 0. The standard InChI is InChI=1S/C11H18N2O3S/c1-9(2)17(14,15)13-7-8-16-11-5-3-10(12)4-6-11/h3-6,9,13H,7-8,12H2,1-2H3. The van der Waals surface area contributed by atoms with Gasteiger partial charge in [-0.15, -0.1) is 0 Å². The molecule has 0 aliphatic rings. The highest BCUT2D eigenvalue weighted by Crippen LogP contribution is 2.12. The molecule has 1 aromatic rings. The average Bonchev–Trinajstić information content (AvgIpc) is 2.26. The first-order chi connectivity index (χ1) is 7.92. The molecule has 0 heterocycles. The Bertz CT molecular complexity index is 440. The van der Waals surface area contributed by atoms with Crippen LogP contribution in [0.1, 0.15) is 13.8 Å². The summed E-state index contributed by atoms with van der Waals surface area (Å²) in [5.74, 6) is 0.669. The summed E-state index contributed by atoms with van der Waals surface area (Å²) in [5.41, 5.74) is 6.19. The SMILES string of the molecule is CC(C)S(=O)(=O)NCCOc1ccc(N)cc1. The number of ether oxygens (including phenoxy) is 1. The predicted octanol–water partition coefficient (Wildman–Crippen LogP) is 0.975. The number of sulfonamides is 1. The van der Waals surface area contributed by atoms with Gasteiger partial charge in [-0.3, -0.25) is 0 Å². The van der Waals surface area contributed by atoms with Crippen molar-refractivity contribution in [1.82, 2.24) is 4.72 Å². The van der Waals surface area contributed by atoms with Crippen LogP contribution in [-0.2, 0) is 10.0 Å². The third-order valence-corrected chi connectivity index (χ3v) is 4.02. The molecule has 0 fully saturated rings. The van der Waals surface area contributed by atoms with Crippen molar-refractivity contribution in [2.45, 2.75) is 19.1 Å². The minimum Gasteiger partial charge on any atom is -0.492 e. The molecule has 6 heteroatoms. The third kappa shape index (κ3) is 4.62. The lowest BCUT2D eigenvalue weighted by atomic mass is 10.3. The van der Waals surface area contributed by atoms with Crippen LogP contribution >= 0.6 is 0 Å². The maximum absolute atomic E-state index is 11.4. The van der Waals surface area contributed by atoms with Crippen LogP contribution in [0.4, 0.5) is 5.69 Å². The van der Waals surface area contributed by atoms with E-state index in [2.05, 4.69) is 4.72 Å². The zero-order chi connectivity index (χ0) is 12.9. The summed E-state index contributed by atoms with van der Waals surface area (Å²) < 4.78 is 30.6. The number of hydrogen-bond acceptors (Lipinski definition) is 4. The zero-order valence-electron chi connectivity index (χ0n) is 10.0. The van der Waals surface area contributed by atoms with Crippen molar-refractivity contribution in [3.63, 3.8) is 0 Å². The van der Waals surface area contributed by atoms with E-state index in [-0.39, 0.29) is 13.2 Å². The summed E-state index contributed by atoms with van der Waals surface area (Å²) in [6, 6.07) is 6.94. The zero-order valence-corrected chi connectivity index (χ0v) is 10.8. The summed E-state index contributed by atoms with van der Waals surface area (Å²) in [5, 5.41) is -0.431. The quantitative estimate of drug-likeness (QED) is 0.588. The summed E-state index contributed by atoms with van der Waals surface area (Å²) in [4.78, 5) is 0. The van der Waals surface area contributed by atoms with Crippen LogP contribution in [0.15, 0.2) is 24.3 Å². The second-order valence-corrected chi connectivity index (χ2v) is 6.23. The van der Waals surface area contributed by atoms with Gasteiger partial charge in [-0.1, -0.05) is 0 Å². The van der Waals surface area contributed by atoms with Crippen molar-refractivity contribution in [1.29, 1.82) is 0 Å². The van der Waals surface area contributed by atoms with Crippen LogP contribution in [0.2, 0.25) is 0 Å². The maximum atomic E-state index is 11.4. The van der Waals surface area contributed by atoms with E-state index in [9.17, 15) is 8.42 Å². The Kier molecular flexibility index (Phi) is 4.77. The van der Waals surface area contributed by atoms with Crippen molar-refractivity contribution in [2.75, 3.05) is 18.9 Å². The lowest BCUT2D eigenvalue weighted by Crippen LogP contribution is -2.33. The monoisotopic (exact) mass is 258 g/mol. The van der Waals surface area contributed by atoms with Crippen LogP contribution in [0.5, 0.6) is 5.75 Å². The summed E-state index contributed by atoms with van der Waals surface area (Å²) in [7, 11) is -3.21. The summed E-state index contributed by atoms with van der Waals surface area (Å²) in [6.07, 6.45) is 0. The van der Waals surface area contributed by atoms with Gasteiger partial charge in [0.2, 0.25) is 10.0 Å². The molecular formula is C11H18N2O3S. The van der Waals surface area contributed by atoms with Gasteiger partial charge in [-0.05, 0) is 38.1 Å². The molecule has 0 atom stereocenters. The number of anilines is 1. The molecule has 96 valence electrons. The molecule has 1 aromatic carbocycles. The van der Waals surface area contributed by atoms with E-state index >= 15 is 0 Å². The van der Waals surface area contributed by atoms with Crippen LogP contribution < -0.4 is 15.2 Å². The molecule has 17 heavy (non-hydrogen) atoms. The molecule has 0 aliphatic carbocycles.